The molecule has 1 saturated carbocycles. The fraction of sp³-hybridized carbons (Fsp3) is 0.938. The predicted molar refractivity (Wildman–Crippen MR) is 80.1 cm³/mol. The molecule has 3 aliphatic rings. The molecule has 120 valence electrons. The van der Waals surface area contributed by atoms with Gasteiger partial charge in [0, 0.05) is 38.8 Å². The Morgan fingerprint density at radius 1 is 1.24 bits per heavy atom. The first-order valence-corrected chi connectivity index (χ1v) is 8.46. The van der Waals surface area contributed by atoms with Crippen LogP contribution in [0.15, 0.2) is 0 Å². The number of carbonyl (C=O) groups excluding carboxylic acids is 1. The lowest BCUT2D eigenvalue weighted by atomic mass is 9.99. The summed E-state index contributed by atoms with van der Waals surface area (Å²) in [7, 11) is 0. The van der Waals surface area contributed by atoms with Gasteiger partial charge in [-0.3, -0.25) is 9.69 Å². The minimum atomic E-state index is 0.130. The predicted octanol–water partition coefficient (Wildman–Crippen LogP) is 0.981. The molecule has 1 amide bonds. The lowest BCUT2D eigenvalue weighted by Gasteiger charge is -2.34. The number of amides is 1. The zero-order valence-corrected chi connectivity index (χ0v) is 13.3. The second-order valence-corrected chi connectivity index (χ2v) is 6.46. The van der Waals surface area contributed by atoms with E-state index in [2.05, 4.69) is 16.7 Å². The summed E-state index contributed by atoms with van der Waals surface area (Å²) < 4.78 is 11.0. The molecule has 0 aromatic heterocycles. The molecule has 3 fully saturated rings. The van der Waals surface area contributed by atoms with E-state index in [1.807, 2.05) is 6.92 Å². The summed E-state index contributed by atoms with van der Waals surface area (Å²) in [5, 5.41) is 0. The average Bonchev–Trinajstić information content (AvgIpc) is 3.15. The van der Waals surface area contributed by atoms with Gasteiger partial charge in [0.2, 0.25) is 5.91 Å². The number of rotatable bonds is 5. The molecule has 0 spiro atoms. The van der Waals surface area contributed by atoms with Crippen LogP contribution in [-0.4, -0.2) is 73.9 Å². The van der Waals surface area contributed by atoms with E-state index in [1.54, 1.807) is 0 Å². The summed E-state index contributed by atoms with van der Waals surface area (Å²) in [5.41, 5.74) is 0. The molecule has 0 bridgehead atoms. The molecule has 3 rings (SSSR count). The summed E-state index contributed by atoms with van der Waals surface area (Å²) in [6.07, 6.45) is 2.25. The lowest BCUT2D eigenvalue weighted by molar-refractivity contribution is -0.132. The number of hydrogen-bond donors (Lipinski definition) is 0. The summed E-state index contributed by atoms with van der Waals surface area (Å²) in [4.78, 5) is 17.2. The van der Waals surface area contributed by atoms with E-state index in [0.717, 1.165) is 52.2 Å². The third-order valence-electron chi connectivity index (χ3n) is 5.19. The Morgan fingerprint density at radius 2 is 2.00 bits per heavy atom. The number of ether oxygens (including phenoxy) is 2. The van der Waals surface area contributed by atoms with Crippen molar-refractivity contribution in [3.05, 3.63) is 0 Å². The summed E-state index contributed by atoms with van der Waals surface area (Å²) >= 11 is 0. The molecule has 2 aliphatic heterocycles. The lowest BCUT2D eigenvalue weighted by Crippen LogP contribution is -2.47. The molecule has 2 saturated heterocycles. The van der Waals surface area contributed by atoms with E-state index in [-0.39, 0.29) is 12.0 Å². The van der Waals surface area contributed by atoms with Crippen molar-refractivity contribution in [1.82, 2.24) is 9.80 Å². The van der Waals surface area contributed by atoms with Crippen molar-refractivity contribution in [3.8, 4) is 0 Å². The average molecular weight is 296 g/mol. The molecule has 0 unspecified atom stereocenters. The van der Waals surface area contributed by atoms with Crippen LogP contribution >= 0.6 is 0 Å². The molecule has 5 nitrogen and oxygen atoms in total. The van der Waals surface area contributed by atoms with Crippen LogP contribution in [0.1, 0.15) is 26.7 Å². The number of likely N-dealkylation sites (tertiary alicyclic amines) is 1. The first-order valence-electron chi connectivity index (χ1n) is 8.46. The third kappa shape index (κ3) is 3.25. The highest BCUT2D eigenvalue weighted by Crippen LogP contribution is 2.37. The summed E-state index contributed by atoms with van der Waals surface area (Å²) in [6, 6.07) is 0.521. The van der Waals surface area contributed by atoms with Crippen molar-refractivity contribution in [2.45, 2.75) is 38.8 Å². The molecule has 1 aliphatic carbocycles. The third-order valence-corrected chi connectivity index (χ3v) is 5.19. The van der Waals surface area contributed by atoms with Crippen LogP contribution in [-0.2, 0) is 14.3 Å². The molecule has 0 aromatic rings. The van der Waals surface area contributed by atoms with Gasteiger partial charge in [-0.05, 0) is 19.3 Å². The quantitative estimate of drug-likeness (QED) is 0.758. The minimum Gasteiger partial charge on any atom is -0.379 e. The topological polar surface area (TPSA) is 42.0 Å². The van der Waals surface area contributed by atoms with Crippen molar-refractivity contribution in [2.24, 2.45) is 11.8 Å². The van der Waals surface area contributed by atoms with Crippen molar-refractivity contribution >= 4 is 5.91 Å². The summed E-state index contributed by atoms with van der Waals surface area (Å²) in [6.45, 7) is 10.4. The second-order valence-electron chi connectivity index (χ2n) is 6.46. The Labute approximate surface area is 127 Å². The van der Waals surface area contributed by atoms with E-state index in [0.29, 0.717) is 24.5 Å². The van der Waals surface area contributed by atoms with Crippen molar-refractivity contribution in [3.63, 3.8) is 0 Å². The Bertz CT molecular complexity index is 371. The Hall–Kier alpha value is -0.650. The van der Waals surface area contributed by atoms with Crippen LogP contribution in [0.3, 0.4) is 0 Å². The van der Waals surface area contributed by atoms with Gasteiger partial charge in [0.15, 0.2) is 0 Å². The fourth-order valence-corrected chi connectivity index (χ4v) is 3.82. The first-order chi connectivity index (χ1) is 10.2. The monoisotopic (exact) mass is 296 g/mol. The van der Waals surface area contributed by atoms with Gasteiger partial charge in [0.1, 0.15) is 0 Å². The molecule has 21 heavy (non-hydrogen) atoms. The Kier molecular flexibility index (Phi) is 4.82. The molecule has 0 N–H and O–H groups in total. The van der Waals surface area contributed by atoms with E-state index in [9.17, 15) is 4.79 Å². The zero-order chi connectivity index (χ0) is 14.8. The number of hydrogen-bond acceptors (Lipinski definition) is 4. The highest BCUT2D eigenvalue weighted by molar-refractivity contribution is 5.82. The van der Waals surface area contributed by atoms with Gasteiger partial charge in [0.25, 0.3) is 0 Å². The number of morpholine rings is 1. The second kappa shape index (κ2) is 6.63. The van der Waals surface area contributed by atoms with Crippen LogP contribution in [0.2, 0.25) is 0 Å². The molecular weight excluding hydrogens is 268 g/mol. The van der Waals surface area contributed by atoms with Crippen molar-refractivity contribution in [1.29, 1.82) is 0 Å². The van der Waals surface area contributed by atoms with Gasteiger partial charge >= 0.3 is 0 Å². The normalized spacial score (nSPS) is 37.0. The SMILES string of the molecule is CCO[C@@H]1C[C@@H]1C(=O)N1C[C@H](CC)[C@H](N2CCOCC2)C1. The molecule has 2 heterocycles. The van der Waals surface area contributed by atoms with Crippen LogP contribution in [0.4, 0.5) is 0 Å². The van der Waals surface area contributed by atoms with Crippen LogP contribution in [0.5, 0.6) is 0 Å². The molecule has 5 heteroatoms. The van der Waals surface area contributed by atoms with Crippen LogP contribution < -0.4 is 0 Å². The standard InChI is InChI=1S/C16H28N2O3/c1-3-12-10-18(16(19)13-9-15(13)21-4-2)11-14(12)17-5-7-20-8-6-17/h12-15H,3-11H2,1-2H3/t12-,13-,14+,15+/m0/s1. The first kappa shape index (κ1) is 15.3. The van der Waals surface area contributed by atoms with Crippen LogP contribution in [0.25, 0.3) is 0 Å². The summed E-state index contributed by atoms with van der Waals surface area (Å²) in [5.74, 6) is 1.06. The Morgan fingerprint density at radius 3 is 2.67 bits per heavy atom. The largest absolute Gasteiger partial charge is 0.379 e. The van der Waals surface area contributed by atoms with Crippen molar-refractivity contribution < 1.29 is 14.3 Å². The number of nitrogens with zero attached hydrogens (tertiary/aromatic N) is 2. The van der Waals surface area contributed by atoms with E-state index < -0.39 is 0 Å². The molecule has 4 atom stereocenters. The van der Waals surface area contributed by atoms with Crippen LogP contribution in [0, 0.1) is 11.8 Å². The van der Waals surface area contributed by atoms with Gasteiger partial charge in [-0.2, -0.15) is 0 Å². The minimum absolute atomic E-state index is 0.130. The van der Waals surface area contributed by atoms with Gasteiger partial charge in [-0.1, -0.05) is 13.3 Å². The molecular formula is C16H28N2O3. The van der Waals surface area contributed by atoms with E-state index >= 15 is 0 Å². The van der Waals surface area contributed by atoms with E-state index in [4.69, 9.17) is 9.47 Å². The highest BCUT2D eigenvalue weighted by atomic mass is 16.5. The van der Waals surface area contributed by atoms with Gasteiger partial charge < -0.3 is 14.4 Å². The maximum Gasteiger partial charge on any atom is 0.228 e. The zero-order valence-electron chi connectivity index (χ0n) is 13.3. The number of carbonyl (C=O) groups is 1. The molecule has 0 aromatic carbocycles. The van der Waals surface area contributed by atoms with Gasteiger partial charge in [-0.25, -0.2) is 0 Å². The Balaban J connectivity index is 1.57. The van der Waals surface area contributed by atoms with Gasteiger partial charge in [-0.15, -0.1) is 0 Å². The maximum absolute atomic E-state index is 12.6. The molecule has 0 radical (unpaired) electrons. The maximum atomic E-state index is 12.6. The smallest absolute Gasteiger partial charge is 0.228 e. The van der Waals surface area contributed by atoms with Gasteiger partial charge in [0.05, 0.1) is 25.2 Å². The van der Waals surface area contributed by atoms with Crippen molar-refractivity contribution in [2.75, 3.05) is 46.0 Å². The fourth-order valence-electron chi connectivity index (χ4n) is 3.82. The van der Waals surface area contributed by atoms with E-state index in [1.165, 1.54) is 0 Å². The highest BCUT2D eigenvalue weighted by Gasteiger charge is 2.48.